The SMILES string of the molecule is C.C.C.C.c1ccc2ncccc2c1. The van der Waals surface area contributed by atoms with Gasteiger partial charge < -0.3 is 0 Å². The maximum absolute atomic E-state index is 4.18. The molecule has 0 amide bonds. The summed E-state index contributed by atoms with van der Waals surface area (Å²) in [5.41, 5.74) is 1.06. The lowest BCUT2D eigenvalue weighted by molar-refractivity contribution is 1.41. The number of pyridine rings is 1. The van der Waals surface area contributed by atoms with Crippen molar-refractivity contribution in [2.45, 2.75) is 29.7 Å². The van der Waals surface area contributed by atoms with Crippen LogP contribution < -0.4 is 0 Å². The zero-order valence-electron chi connectivity index (χ0n) is 5.49. The quantitative estimate of drug-likeness (QED) is 0.586. The third kappa shape index (κ3) is 3.56. The Labute approximate surface area is 88.8 Å². The highest BCUT2D eigenvalue weighted by molar-refractivity contribution is 5.77. The Morgan fingerprint density at radius 1 is 0.714 bits per heavy atom. The fraction of sp³-hybridized carbons (Fsp3) is 0.308. The summed E-state index contributed by atoms with van der Waals surface area (Å²) in [7, 11) is 0. The minimum atomic E-state index is 0. The third-order valence-electron chi connectivity index (χ3n) is 1.51. The maximum atomic E-state index is 4.18. The predicted octanol–water partition coefficient (Wildman–Crippen LogP) is 4.78. The van der Waals surface area contributed by atoms with E-state index in [9.17, 15) is 0 Å². The fourth-order valence-corrected chi connectivity index (χ4v) is 1.02. The van der Waals surface area contributed by atoms with E-state index in [4.69, 9.17) is 0 Å². The highest BCUT2D eigenvalue weighted by Crippen LogP contribution is 2.07. The van der Waals surface area contributed by atoms with Gasteiger partial charge in [-0.1, -0.05) is 54.0 Å². The Balaban J connectivity index is -0.000000302. The highest BCUT2D eigenvalue weighted by atomic mass is 14.6. The number of nitrogens with zero attached hydrogens (tertiary/aromatic N) is 1. The average molecular weight is 193 g/mol. The second-order valence-corrected chi connectivity index (χ2v) is 2.20. The van der Waals surface area contributed by atoms with Crippen molar-refractivity contribution in [1.29, 1.82) is 0 Å². The van der Waals surface area contributed by atoms with Crippen LogP contribution in [0.25, 0.3) is 10.9 Å². The molecule has 1 nitrogen and oxygen atoms in total. The monoisotopic (exact) mass is 193 g/mol. The van der Waals surface area contributed by atoms with E-state index in [0.29, 0.717) is 0 Å². The molecule has 0 bridgehead atoms. The summed E-state index contributed by atoms with van der Waals surface area (Å²) < 4.78 is 0. The molecule has 0 N–H and O–H groups in total. The van der Waals surface area contributed by atoms with Crippen LogP contribution in [-0.4, -0.2) is 4.98 Å². The minimum absolute atomic E-state index is 0. The lowest BCUT2D eigenvalue weighted by Gasteiger charge is -1.91. The van der Waals surface area contributed by atoms with Crippen LogP contribution in [0.4, 0.5) is 0 Å². The normalized spacial score (nSPS) is 7.14. The van der Waals surface area contributed by atoms with Crippen molar-refractivity contribution >= 4 is 10.9 Å². The molecule has 0 aliphatic carbocycles. The first-order chi connectivity index (χ1) is 4.97. The molecule has 0 aliphatic rings. The van der Waals surface area contributed by atoms with Crippen molar-refractivity contribution in [3.8, 4) is 0 Å². The Morgan fingerprint density at radius 2 is 1.29 bits per heavy atom. The number of para-hydroxylation sites is 1. The highest BCUT2D eigenvalue weighted by Gasteiger charge is 1.86. The van der Waals surface area contributed by atoms with Crippen LogP contribution in [0.15, 0.2) is 42.6 Å². The zero-order valence-corrected chi connectivity index (χ0v) is 5.49. The summed E-state index contributed by atoms with van der Waals surface area (Å²) in [5, 5.41) is 1.20. The summed E-state index contributed by atoms with van der Waals surface area (Å²) in [6.07, 6.45) is 1.81. The van der Waals surface area contributed by atoms with Crippen LogP contribution in [0.5, 0.6) is 0 Å². The van der Waals surface area contributed by atoms with Crippen molar-refractivity contribution in [2.75, 3.05) is 0 Å². The number of hydrogen-bond donors (Lipinski definition) is 0. The van der Waals surface area contributed by atoms with Crippen molar-refractivity contribution < 1.29 is 0 Å². The van der Waals surface area contributed by atoms with Crippen LogP contribution in [0.1, 0.15) is 29.7 Å². The van der Waals surface area contributed by atoms with Crippen LogP contribution in [0.3, 0.4) is 0 Å². The van der Waals surface area contributed by atoms with Crippen LogP contribution in [0, 0.1) is 0 Å². The number of benzene rings is 1. The van der Waals surface area contributed by atoms with E-state index >= 15 is 0 Å². The van der Waals surface area contributed by atoms with Crippen molar-refractivity contribution in [2.24, 2.45) is 0 Å². The molecule has 0 radical (unpaired) electrons. The minimum Gasteiger partial charge on any atom is -0.256 e. The summed E-state index contributed by atoms with van der Waals surface area (Å²) in [6.45, 7) is 0. The smallest absolute Gasteiger partial charge is 0.0701 e. The molecule has 0 saturated heterocycles. The molecule has 2 aromatic rings. The Morgan fingerprint density at radius 3 is 1.93 bits per heavy atom. The van der Waals surface area contributed by atoms with E-state index in [1.165, 1.54) is 5.39 Å². The first-order valence-electron chi connectivity index (χ1n) is 3.26. The van der Waals surface area contributed by atoms with Gasteiger partial charge in [0.2, 0.25) is 0 Å². The van der Waals surface area contributed by atoms with Gasteiger partial charge in [0.05, 0.1) is 5.52 Å². The summed E-state index contributed by atoms with van der Waals surface area (Å²) in [5.74, 6) is 0. The van der Waals surface area contributed by atoms with E-state index < -0.39 is 0 Å². The molecule has 1 aromatic heterocycles. The fourth-order valence-electron chi connectivity index (χ4n) is 1.02. The molecule has 2 rings (SSSR count). The third-order valence-corrected chi connectivity index (χ3v) is 1.51. The molecular formula is C13H23N. The number of rotatable bonds is 0. The van der Waals surface area contributed by atoms with E-state index in [2.05, 4.69) is 17.1 Å². The van der Waals surface area contributed by atoms with Crippen LogP contribution in [0.2, 0.25) is 0 Å². The summed E-state index contributed by atoms with van der Waals surface area (Å²) in [6, 6.07) is 12.1. The molecule has 1 aromatic carbocycles. The van der Waals surface area contributed by atoms with Crippen LogP contribution >= 0.6 is 0 Å². The maximum Gasteiger partial charge on any atom is 0.0701 e. The Kier molecular flexibility index (Phi) is 10.8. The molecule has 0 aliphatic heterocycles. The van der Waals surface area contributed by atoms with Crippen molar-refractivity contribution in [1.82, 2.24) is 4.98 Å². The second kappa shape index (κ2) is 8.24. The van der Waals surface area contributed by atoms with Gasteiger partial charge in [-0.05, 0) is 12.1 Å². The standard InChI is InChI=1S/C9H7N.4CH4/c1-2-6-9-8(4-1)5-3-7-10-9;;;;/h1-7H;4*1H4. The first kappa shape index (κ1) is 18.4. The van der Waals surface area contributed by atoms with Gasteiger partial charge in [-0.3, -0.25) is 4.98 Å². The Hall–Kier alpha value is -1.37. The van der Waals surface area contributed by atoms with E-state index in [1.54, 1.807) is 0 Å². The Bertz CT molecular complexity index is 276. The number of aromatic nitrogens is 1. The molecule has 0 saturated carbocycles. The molecular weight excluding hydrogens is 170 g/mol. The lowest BCUT2D eigenvalue weighted by Crippen LogP contribution is -1.73. The second-order valence-electron chi connectivity index (χ2n) is 2.20. The van der Waals surface area contributed by atoms with Gasteiger partial charge in [0.25, 0.3) is 0 Å². The van der Waals surface area contributed by atoms with E-state index in [0.717, 1.165) is 5.52 Å². The zero-order chi connectivity index (χ0) is 6.81. The van der Waals surface area contributed by atoms with Crippen molar-refractivity contribution in [3.05, 3.63) is 42.6 Å². The summed E-state index contributed by atoms with van der Waals surface area (Å²) in [4.78, 5) is 4.18. The topological polar surface area (TPSA) is 12.9 Å². The van der Waals surface area contributed by atoms with Gasteiger partial charge in [0.1, 0.15) is 0 Å². The molecule has 80 valence electrons. The van der Waals surface area contributed by atoms with E-state index in [-0.39, 0.29) is 29.7 Å². The van der Waals surface area contributed by atoms with Crippen molar-refractivity contribution in [3.63, 3.8) is 0 Å². The van der Waals surface area contributed by atoms with Gasteiger partial charge in [0, 0.05) is 11.6 Å². The van der Waals surface area contributed by atoms with Gasteiger partial charge in [-0.25, -0.2) is 0 Å². The molecule has 14 heavy (non-hydrogen) atoms. The van der Waals surface area contributed by atoms with Gasteiger partial charge >= 0.3 is 0 Å². The lowest BCUT2D eigenvalue weighted by atomic mass is 10.2. The van der Waals surface area contributed by atoms with E-state index in [1.807, 2.05) is 30.5 Å². The summed E-state index contributed by atoms with van der Waals surface area (Å²) >= 11 is 0. The number of fused-ring (bicyclic) bond motifs is 1. The average Bonchev–Trinajstić information content (AvgIpc) is 2.05. The van der Waals surface area contributed by atoms with Gasteiger partial charge in [-0.15, -0.1) is 0 Å². The number of hydrogen-bond acceptors (Lipinski definition) is 1. The first-order valence-corrected chi connectivity index (χ1v) is 3.26. The molecule has 0 spiro atoms. The molecule has 0 fully saturated rings. The molecule has 1 heteroatoms. The molecule has 0 atom stereocenters. The molecule has 0 unspecified atom stereocenters. The molecule has 1 heterocycles. The largest absolute Gasteiger partial charge is 0.256 e. The van der Waals surface area contributed by atoms with Gasteiger partial charge in [-0.2, -0.15) is 0 Å². The van der Waals surface area contributed by atoms with Gasteiger partial charge in [0.15, 0.2) is 0 Å². The van der Waals surface area contributed by atoms with Crippen LogP contribution in [-0.2, 0) is 0 Å². The predicted molar refractivity (Wildman–Crippen MR) is 68.7 cm³/mol.